The first-order valence-electron chi connectivity index (χ1n) is 11.3. The lowest BCUT2D eigenvalue weighted by Crippen LogP contribution is -2.28. The summed E-state index contributed by atoms with van der Waals surface area (Å²) in [5.74, 6) is 0.291. The first kappa shape index (κ1) is 26.0. The summed E-state index contributed by atoms with van der Waals surface area (Å²) in [7, 11) is 0. The van der Waals surface area contributed by atoms with Crippen molar-refractivity contribution < 1.29 is 14.3 Å². The molecular formula is C25H29BrN4O3S. The molecule has 7 nitrogen and oxygen atoms in total. The zero-order valence-electron chi connectivity index (χ0n) is 19.3. The smallest absolute Gasteiger partial charge is 0.240 e. The second-order valence-corrected chi connectivity index (χ2v) is 9.99. The summed E-state index contributed by atoms with van der Waals surface area (Å²) in [4.78, 5) is 24.7. The summed E-state index contributed by atoms with van der Waals surface area (Å²) in [6, 6.07) is 15.0. The predicted octanol–water partition coefficient (Wildman–Crippen LogP) is 5.75. The van der Waals surface area contributed by atoms with Crippen LogP contribution in [0.5, 0.6) is 5.75 Å². The van der Waals surface area contributed by atoms with Crippen LogP contribution < -0.4 is 15.4 Å². The third kappa shape index (κ3) is 8.29. The molecule has 2 aromatic rings. The van der Waals surface area contributed by atoms with E-state index in [1.54, 1.807) is 12.1 Å². The molecule has 1 aliphatic rings. The number of unbranched alkanes of at least 4 members (excludes halogenated alkanes) is 3. The molecule has 9 heteroatoms. The summed E-state index contributed by atoms with van der Waals surface area (Å²) in [6.45, 7) is 4.72. The van der Waals surface area contributed by atoms with E-state index in [-0.39, 0.29) is 18.2 Å². The number of hydrogen-bond donors (Lipinski definition) is 2. The summed E-state index contributed by atoms with van der Waals surface area (Å²) in [5, 5.41) is 13.7. The van der Waals surface area contributed by atoms with Crippen molar-refractivity contribution in [2.24, 2.45) is 10.2 Å². The average Bonchev–Trinajstić information content (AvgIpc) is 3.17. The summed E-state index contributed by atoms with van der Waals surface area (Å²) < 4.78 is 6.71. The Morgan fingerprint density at radius 1 is 1.12 bits per heavy atom. The lowest BCUT2D eigenvalue weighted by molar-refractivity contribution is -0.122. The van der Waals surface area contributed by atoms with Gasteiger partial charge in [0.05, 0.1) is 12.3 Å². The highest BCUT2D eigenvalue weighted by molar-refractivity contribution is 9.10. The zero-order chi connectivity index (χ0) is 24.3. The Balaban J connectivity index is 1.46. The van der Waals surface area contributed by atoms with Crippen LogP contribution in [0.3, 0.4) is 0 Å². The van der Waals surface area contributed by atoms with Gasteiger partial charge >= 0.3 is 0 Å². The van der Waals surface area contributed by atoms with E-state index in [1.165, 1.54) is 31.0 Å². The number of amides is 2. The minimum atomic E-state index is -0.548. The standard InChI is InChI=1S/C25H29BrN4O3S/c1-3-4-5-6-15-33-21-13-11-20(12-14-21)27-23(31)16-22-24(32)28-25(34-22)30-29-17(2)18-7-9-19(26)10-8-18/h7-14,22H,3-6,15-16H2,1-2H3,(H,27,31)(H,28,30,32)/b29-17-/t22-/m0/s1. The molecule has 1 heterocycles. The van der Waals surface area contributed by atoms with E-state index >= 15 is 0 Å². The maximum Gasteiger partial charge on any atom is 0.240 e. The largest absolute Gasteiger partial charge is 0.494 e. The van der Waals surface area contributed by atoms with E-state index in [0.29, 0.717) is 17.5 Å². The van der Waals surface area contributed by atoms with Crippen LogP contribution in [-0.2, 0) is 9.59 Å². The number of anilines is 1. The fourth-order valence-corrected chi connectivity index (χ4v) is 4.37. The molecule has 0 aliphatic carbocycles. The Morgan fingerprint density at radius 2 is 1.85 bits per heavy atom. The molecule has 1 saturated heterocycles. The minimum absolute atomic E-state index is 0.0423. The van der Waals surface area contributed by atoms with Crippen molar-refractivity contribution in [3.63, 3.8) is 0 Å². The molecule has 1 fully saturated rings. The van der Waals surface area contributed by atoms with E-state index in [2.05, 4.69) is 43.7 Å². The van der Waals surface area contributed by atoms with Crippen LogP contribution in [0.15, 0.2) is 63.2 Å². The molecule has 0 bridgehead atoms. The molecule has 0 radical (unpaired) electrons. The third-order valence-electron chi connectivity index (χ3n) is 5.10. The summed E-state index contributed by atoms with van der Waals surface area (Å²) >= 11 is 4.61. The lowest BCUT2D eigenvalue weighted by atomic mass is 10.1. The second-order valence-electron chi connectivity index (χ2n) is 7.88. The molecule has 0 aromatic heterocycles. The maximum absolute atomic E-state index is 12.4. The normalized spacial score (nSPS) is 17.0. The van der Waals surface area contributed by atoms with Gasteiger partial charge in [-0.25, -0.2) is 0 Å². The number of nitrogens with one attached hydrogen (secondary N) is 2. The van der Waals surface area contributed by atoms with Crippen LogP contribution in [-0.4, -0.2) is 34.6 Å². The van der Waals surface area contributed by atoms with Gasteiger partial charge in [0.15, 0.2) is 5.17 Å². The first-order chi connectivity index (χ1) is 16.4. The Labute approximate surface area is 213 Å². The number of rotatable bonds is 11. The molecule has 0 saturated carbocycles. The number of ether oxygens (including phenoxy) is 1. The number of carbonyl (C=O) groups is 2. The van der Waals surface area contributed by atoms with Crippen molar-refractivity contribution in [2.45, 2.75) is 51.2 Å². The van der Waals surface area contributed by atoms with E-state index in [9.17, 15) is 9.59 Å². The molecule has 2 N–H and O–H groups in total. The maximum atomic E-state index is 12.4. The van der Waals surface area contributed by atoms with Gasteiger partial charge in [-0.2, -0.15) is 5.10 Å². The highest BCUT2D eigenvalue weighted by Crippen LogP contribution is 2.24. The van der Waals surface area contributed by atoms with E-state index < -0.39 is 5.25 Å². The molecule has 1 aliphatic heterocycles. The first-order valence-corrected chi connectivity index (χ1v) is 13.0. The molecule has 3 rings (SSSR count). The van der Waals surface area contributed by atoms with Crippen molar-refractivity contribution in [2.75, 3.05) is 11.9 Å². The Hall–Kier alpha value is -2.65. The highest BCUT2D eigenvalue weighted by atomic mass is 79.9. The van der Waals surface area contributed by atoms with Crippen molar-refractivity contribution in [1.82, 2.24) is 5.32 Å². The van der Waals surface area contributed by atoms with E-state index in [4.69, 9.17) is 4.74 Å². The van der Waals surface area contributed by atoms with Crippen LogP contribution in [0.4, 0.5) is 5.69 Å². The van der Waals surface area contributed by atoms with Gasteiger partial charge in [0.2, 0.25) is 11.8 Å². The number of thioether (sulfide) groups is 1. The van der Waals surface area contributed by atoms with Crippen LogP contribution in [0.1, 0.15) is 51.5 Å². The molecule has 2 aromatic carbocycles. The third-order valence-corrected chi connectivity index (χ3v) is 6.71. The molecule has 2 amide bonds. The number of halogens is 1. The van der Waals surface area contributed by atoms with E-state index in [0.717, 1.165) is 27.9 Å². The van der Waals surface area contributed by atoms with Gasteiger partial charge < -0.3 is 15.4 Å². The van der Waals surface area contributed by atoms with Gasteiger partial charge in [0.25, 0.3) is 0 Å². The number of carbonyl (C=O) groups excluding carboxylic acids is 2. The number of amidine groups is 1. The monoisotopic (exact) mass is 544 g/mol. The molecule has 34 heavy (non-hydrogen) atoms. The van der Waals surface area contributed by atoms with Crippen LogP contribution >= 0.6 is 27.7 Å². The summed E-state index contributed by atoms with van der Waals surface area (Å²) in [5.41, 5.74) is 2.32. The molecule has 0 spiro atoms. The van der Waals surface area contributed by atoms with Crippen molar-refractivity contribution in [1.29, 1.82) is 0 Å². The van der Waals surface area contributed by atoms with Gasteiger partial charge in [-0.3, -0.25) is 9.59 Å². The second kappa shape index (κ2) is 13.3. The zero-order valence-corrected chi connectivity index (χ0v) is 21.7. The lowest BCUT2D eigenvalue weighted by Gasteiger charge is -2.09. The molecule has 0 unspecified atom stereocenters. The molecule has 180 valence electrons. The Morgan fingerprint density at radius 3 is 2.56 bits per heavy atom. The molecule has 1 atom stereocenters. The quantitative estimate of drug-likeness (QED) is 0.214. The van der Waals surface area contributed by atoms with Crippen molar-refractivity contribution in [3.05, 3.63) is 58.6 Å². The minimum Gasteiger partial charge on any atom is -0.494 e. The fourth-order valence-electron chi connectivity index (χ4n) is 3.19. The predicted molar refractivity (Wildman–Crippen MR) is 143 cm³/mol. The number of hydrogen-bond acceptors (Lipinski definition) is 6. The highest BCUT2D eigenvalue weighted by Gasteiger charge is 2.32. The van der Waals surface area contributed by atoms with Gasteiger partial charge in [0, 0.05) is 16.6 Å². The van der Waals surface area contributed by atoms with Gasteiger partial charge in [-0.1, -0.05) is 66.0 Å². The Bertz CT molecular complexity index is 1040. The number of benzene rings is 2. The SMILES string of the molecule is CCCCCCOc1ccc(NC(=O)C[C@@H]2S/C(=N\N=C(\C)c3ccc(Br)cc3)NC2=O)cc1. The van der Waals surface area contributed by atoms with Crippen LogP contribution in [0, 0.1) is 0 Å². The topological polar surface area (TPSA) is 92.2 Å². The average molecular weight is 546 g/mol. The van der Waals surface area contributed by atoms with Crippen LogP contribution in [0.2, 0.25) is 0 Å². The van der Waals surface area contributed by atoms with Crippen molar-refractivity contribution >= 4 is 56.1 Å². The summed E-state index contributed by atoms with van der Waals surface area (Å²) in [6.07, 6.45) is 4.66. The van der Waals surface area contributed by atoms with Crippen LogP contribution in [0.25, 0.3) is 0 Å². The number of nitrogens with zero attached hydrogens (tertiary/aromatic N) is 2. The van der Waals surface area contributed by atoms with E-state index in [1.807, 2.05) is 43.3 Å². The van der Waals surface area contributed by atoms with Gasteiger partial charge in [-0.05, 0) is 55.3 Å². The van der Waals surface area contributed by atoms with Gasteiger partial charge in [-0.15, -0.1) is 5.10 Å². The van der Waals surface area contributed by atoms with Gasteiger partial charge in [0.1, 0.15) is 11.0 Å². The Kier molecular flexibility index (Phi) is 10.2. The van der Waals surface area contributed by atoms with Crippen molar-refractivity contribution in [3.8, 4) is 5.75 Å². The molecular weight excluding hydrogens is 516 g/mol. The fraction of sp³-hybridized carbons (Fsp3) is 0.360.